The van der Waals surface area contributed by atoms with Crippen LogP contribution in [0.5, 0.6) is 0 Å². The highest BCUT2D eigenvalue weighted by Crippen LogP contribution is 2.25. The number of hydrogen-bond donors (Lipinski definition) is 1. The van der Waals surface area contributed by atoms with Gasteiger partial charge in [0.2, 0.25) is 5.89 Å². The van der Waals surface area contributed by atoms with Crippen LogP contribution in [-0.2, 0) is 25.6 Å². The fourth-order valence-corrected chi connectivity index (χ4v) is 3.67. The van der Waals surface area contributed by atoms with Gasteiger partial charge in [-0.1, -0.05) is 36.4 Å². The van der Waals surface area contributed by atoms with Gasteiger partial charge in [0.15, 0.2) is 0 Å². The average Bonchev–Trinajstić information content (AvgIpc) is 3.32. The quantitative estimate of drug-likeness (QED) is 0.452. The van der Waals surface area contributed by atoms with E-state index in [1.807, 2.05) is 43.3 Å². The molecule has 9 nitrogen and oxygen atoms in total. The fraction of sp³-hybridized carbons (Fsp3) is 0.240. The molecule has 1 aromatic carbocycles. The largest absolute Gasteiger partial charge is 0.417 e. The molecule has 0 saturated carbocycles. The third-order valence-corrected chi connectivity index (χ3v) is 5.55. The van der Waals surface area contributed by atoms with Crippen molar-refractivity contribution in [3.63, 3.8) is 0 Å². The van der Waals surface area contributed by atoms with E-state index in [1.165, 1.54) is 15.5 Å². The van der Waals surface area contributed by atoms with E-state index in [2.05, 4.69) is 15.2 Å². The van der Waals surface area contributed by atoms with Crippen LogP contribution in [0.3, 0.4) is 0 Å². The lowest BCUT2D eigenvalue weighted by atomic mass is 9.94. The first kappa shape index (κ1) is 23.1. The Balaban J connectivity index is 1.61. The van der Waals surface area contributed by atoms with Gasteiger partial charge in [-0.15, -0.1) is 10.2 Å². The monoisotopic (exact) mass is 458 g/mol. The molecule has 0 aliphatic heterocycles. The minimum Gasteiger partial charge on any atom is -0.417 e. The molecule has 3 heterocycles. The van der Waals surface area contributed by atoms with Crippen LogP contribution in [0.25, 0.3) is 11.6 Å². The first-order chi connectivity index (χ1) is 16.2. The Hall–Kier alpha value is -4.11. The lowest BCUT2D eigenvalue weighted by molar-refractivity contribution is 0.0784. The minimum atomic E-state index is -0.914. The maximum absolute atomic E-state index is 13.0. The molecular weight excluding hydrogens is 432 g/mol. The Morgan fingerprint density at radius 2 is 1.85 bits per heavy atom. The zero-order valence-corrected chi connectivity index (χ0v) is 19.3. The van der Waals surface area contributed by atoms with Crippen LogP contribution in [0.4, 0.5) is 0 Å². The van der Waals surface area contributed by atoms with E-state index >= 15 is 0 Å². The Bertz CT molecular complexity index is 1350. The van der Waals surface area contributed by atoms with E-state index in [9.17, 15) is 9.59 Å². The SMILES string of the molecule is CN(Cc1cccnc1)C(=O)c1cc(-c2nnc([C@@](C)(N)Cc3ccccc3)o2)n(C)c(=O)c1. The highest BCUT2D eigenvalue weighted by molar-refractivity contribution is 5.94. The molecule has 1 amide bonds. The van der Waals surface area contributed by atoms with Crippen molar-refractivity contribution in [2.45, 2.75) is 25.4 Å². The van der Waals surface area contributed by atoms with Crippen LogP contribution in [0.15, 0.2) is 76.2 Å². The Morgan fingerprint density at radius 3 is 2.56 bits per heavy atom. The minimum absolute atomic E-state index is 0.115. The van der Waals surface area contributed by atoms with Gasteiger partial charge >= 0.3 is 0 Å². The molecule has 0 unspecified atom stereocenters. The first-order valence-electron chi connectivity index (χ1n) is 10.8. The van der Waals surface area contributed by atoms with Crippen molar-refractivity contribution in [2.24, 2.45) is 12.8 Å². The lowest BCUT2D eigenvalue weighted by Gasteiger charge is -2.20. The molecule has 0 aliphatic carbocycles. The van der Waals surface area contributed by atoms with Gasteiger partial charge in [-0.3, -0.25) is 14.6 Å². The van der Waals surface area contributed by atoms with Crippen LogP contribution >= 0.6 is 0 Å². The zero-order valence-electron chi connectivity index (χ0n) is 19.3. The number of nitrogens with zero attached hydrogens (tertiary/aromatic N) is 5. The van der Waals surface area contributed by atoms with Gasteiger partial charge in [0.05, 0.1) is 5.54 Å². The zero-order chi connectivity index (χ0) is 24.3. The molecule has 4 aromatic rings. The highest BCUT2D eigenvalue weighted by Gasteiger charge is 2.29. The predicted octanol–water partition coefficient (Wildman–Crippen LogP) is 2.52. The topological polar surface area (TPSA) is 120 Å². The third-order valence-electron chi connectivity index (χ3n) is 5.55. The molecule has 3 aromatic heterocycles. The summed E-state index contributed by atoms with van der Waals surface area (Å²) < 4.78 is 7.25. The number of amides is 1. The molecule has 34 heavy (non-hydrogen) atoms. The standard InChI is InChI=1S/C25H26N6O3/c1-25(26,14-17-8-5-4-6-9-17)24-29-28-22(34-24)20-12-19(13-21(32)31(20)3)23(33)30(2)16-18-10-7-11-27-15-18/h4-13,15H,14,16,26H2,1-3H3/t25-/m0/s1. The number of nitrogens with two attached hydrogens (primary N) is 1. The number of benzene rings is 1. The normalized spacial score (nSPS) is 12.8. The summed E-state index contributed by atoms with van der Waals surface area (Å²) in [5.41, 5.74) is 7.68. The molecule has 0 spiro atoms. The summed E-state index contributed by atoms with van der Waals surface area (Å²) in [5, 5.41) is 8.26. The highest BCUT2D eigenvalue weighted by atomic mass is 16.4. The molecule has 0 saturated heterocycles. The second-order valence-electron chi connectivity index (χ2n) is 8.54. The number of rotatable bonds is 7. The van der Waals surface area contributed by atoms with Crippen molar-refractivity contribution in [1.29, 1.82) is 0 Å². The number of carbonyl (C=O) groups is 1. The van der Waals surface area contributed by atoms with Crippen LogP contribution in [0, 0.1) is 0 Å². The number of pyridine rings is 2. The van der Waals surface area contributed by atoms with Crippen molar-refractivity contribution in [1.82, 2.24) is 24.6 Å². The number of aromatic nitrogens is 4. The van der Waals surface area contributed by atoms with E-state index in [-0.39, 0.29) is 28.8 Å². The Labute approximate surface area is 196 Å². The molecule has 0 aliphatic rings. The van der Waals surface area contributed by atoms with Crippen LogP contribution in [0.2, 0.25) is 0 Å². The van der Waals surface area contributed by atoms with E-state index in [4.69, 9.17) is 10.2 Å². The van der Waals surface area contributed by atoms with Crippen molar-refractivity contribution in [3.05, 3.63) is 99.9 Å². The fourth-order valence-electron chi connectivity index (χ4n) is 3.67. The van der Waals surface area contributed by atoms with Crippen molar-refractivity contribution < 1.29 is 9.21 Å². The van der Waals surface area contributed by atoms with Gasteiger partial charge in [-0.2, -0.15) is 0 Å². The molecule has 4 rings (SSSR count). The Morgan fingerprint density at radius 1 is 1.12 bits per heavy atom. The van der Waals surface area contributed by atoms with Gasteiger partial charge in [-0.05, 0) is 36.6 Å². The van der Waals surface area contributed by atoms with Crippen molar-refractivity contribution in [3.8, 4) is 11.6 Å². The van der Waals surface area contributed by atoms with Crippen molar-refractivity contribution >= 4 is 5.91 Å². The second-order valence-corrected chi connectivity index (χ2v) is 8.54. The van der Waals surface area contributed by atoms with E-state index < -0.39 is 5.54 Å². The molecule has 0 radical (unpaired) electrons. The van der Waals surface area contributed by atoms with Gasteiger partial charge in [0, 0.05) is 44.7 Å². The van der Waals surface area contributed by atoms with Crippen molar-refractivity contribution in [2.75, 3.05) is 7.05 Å². The second kappa shape index (κ2) is 9.40. The van der Waals surface area contributed by atoms with Gasteiger partial charge in [-0.25, -0.2) is 0 Å². The molecule has 174 valence electrons. The summed E-state index contributed by atoms with van der Waals surface area (Å²) in [7, 11) is 3.25. The van der Waals surface area contributed by atoms with Crippen LogP contribution in [-0.4, -0.2) is 37.6 Å². The van der Waals surface area contributed by atoms with Crippen LogP contribution in [0.1, 0.15) is 34.3 Å². The third kappa shape index (κ3) is 4.94. The summed E-state index contributed by atoms with van der Waals surface area (Å²) >= 11 is 0. The molecule has 9 heteroatoms. The summed E-state index contributed by atoms with van der Waals surface area (Å²) in [4.78, 5) is 31.3. The summed E-state index contributed by atoms with van der Waals surface area (Å²) in [6, 6.07) is 16.3. The van der Waals surface area contributed by atoms with Gasteiger partial charge in [0.25, 0.3) is 17.4 Å². The summed E-state index contributed by atoms with van der Waals surface area (Å²) in [5.74, 6) is 0.0448. The van der Waals surface area contributed by atoms with E-state index in [1.54, 1.807) is 38.6 Å². The van der Waals surface area contributed by atoms with Gasteiger partial charge in [0.1, 0.15) is 5.69 Å². The number of carbonyl (C=O) groups excluding carboxylic acids is 1. The maximum Gasteiger partial charge on any atom is 0.264 e. The average molecular weight is 459 g/mol. The summed E-state index contributed by atoms with van der Waals surface area (Å²) in [6.45, 7) is 2.16. The van der Waals surface area contributed by atoms with E-state index in [0.29, 0.717) is 18.7 Å². The lowest BCUT2D eigenvalue weighted by Crippen LogP contribution is -2.35. The molecular formula is C25H26N6O3. The predicted molar refractivity (Wildman–Crippen MR) is 127 cm³/mol. The summed E-state index contributed by atoms with van der Waals surface area (Å²) in [6.07, 6.45) is 3.86. The molecule has 0 fully saturated rings. The Kier molecular flexibility index (Phi) is 6.38. The first-order valence-corrected chi connectivity index (χ1v) is 10.8. The van der Waals surface area contributed by atoms with Crippen LogP contribution < -0.4 is 11.3 Å². The number of hydrogen-bond acceptors (Lipinski definition) is 7. The maximum atomic E-state index is 13.0. The van der Waals surface area contributed by atoms with Gasteiger partial charge < -0.3 is 19.6 Å². The molecule has 2 N–H and O–H groups in total. The molecule has 1 atom stereocenters. The smallest absolute Gasteiger partial charge is 0.264 e. The van der Waals surface area contributed by atoms with E-state index in [0.717, 1.165) is 11.1 Å². The molecule has 0 bridgehead atoms.